The predicted octanol–water partition coefficient (Wildman–Crippen LogP) is 1.22. The molecule has 0 unspecified atom stereocenters. The number of aromatic nitrogens is 3. The molecule has 0 radical (unpaired) electrons. The molecule has 2 heterocycles. The SMILES string of the molecule is CCN1CCO[C@@H](CNCc2ccc(-n3cncn3)c(F)c2)C1. The maximum absolute atomic E-state index is 14.1. The van der Waals surface area contributed by atoms with E-state index in [0.717, 1.165) is 38.3 Å². The number of nitrogens with one attached hydrogen (secondary N) is 1. The molecule has 0 spiro atoms. The molecule has 1 aliphatic rings. The van der Waals surface area contributed by atoms with Crippen LogP contribution in [0.3, 0.4) is 0 Å². The number of halogens is 1. The van der Waals surface area contributed by atoms with Gasteiger partial charge in [-0.05, 0) is 24.2 Å². The maximum atomic E-state index is 14.1. The molecule has 1 fully saturated rings. The zero-order chi connectivity index (χ0) is 16.1. The second-order valence-corrected chi connectivity index (χ2v) is 5.64. The van der Waals surface area contributed by atoms with Crippen LogP contribution in [0.2, 0.25) is 0 Å². The highest BCUT2D eigenvalue weighted by Gasteiger charge is 2.18. The van der Waals surface area contributed by atoms with Gasteiger partial charge in [0.15, 0.2) is 0 Å². The summed E-state index contributed by atoms with van der Waals surface area (Å²) >= 11 is 0. The highest BCUT2D eigenvalue weighted by molar-refractivity contribution is 5.35. The van der Waals surface area contributed by atoms with Crippen LogP contribution in [0.15, 0.2) is 30.9 Å². The van der Waals surface area contributed by atoms with Crippen LogP contribution in [0.4, 0.5) is 4.39 Å². The van der Waals surface area contributed by atoms with Crippen molar-refractivity contribution in [3.63, 3.8) is 0 Å². The predicted molar refractivity (Wildman–Crippen MR) is 84.9 cm³/mol. The summed E-state index contributed by atoms with van der Waals surface area (Å²) < 4.78 is 21.3. The van der Waals surface area contributed by atoms with E-state index in [1.807, 2.05) is 6.07 Å². The first-order chi connectivity index (χ1) is 11.3. The molecule has 0 bridgehead atoms. The summed E-state index contributed by atoms with van der Waals surface area (Å²) in [6.07, 6.45) is 3.07. The maximum Gasteiger partial charge on any atom is 0.149 e. The summed E-state index contributed by atoms with van der Waals surface area (Å²) in [5.74, 6) is -0.305. The summed E-state index contributed by atoms with van der Waals surface area (Å²) in [5, 5.41) is 7.29. The highest BCUT2D eigenvalue weighted by Crippen LogP contribution is 2.14. The first-order valence-electron chi connectivity index (χ1n) is 7.94. The molecule has 0 amide bonds. The van der Waals surface area contributed by atoms with E-state index in [0.29, 0.717) is 12.2 Å². The van der Waals surface area contributed by atoms with E-state index in [9.17, 15) is 4.39 Å². The Balaban J connectivity index is 1.52. The van der Waals surface area contributed by atoms with Gasteiger partial charge in [-0.3, -0.25) is 4.90 Å². The third-order valence-electron chi connectivity index (χ3n) is 4.05. The Bertz CT molecular complexity index is 619. The molecule has 3 rings (SSSR count). The first kappa shape index (κ1) is 16.0. The highest BCUT2D eigenvalue weighted by atomic mass is 19.1. The van der Waals surface area contributed by atoms with Crippen molar-refractivity contribution in [2.24, 2.45) is 0 Å². The summed E-state index contributed by atoms with van der Waals surface area (Å²) in [5.41, 5.74) is 1.30. The molecule has 0 saturated carbocycles. The monoisotopic (exact) mass is 319 g/mol. The Labute approximate surface area is 135 Å². The number of hydrogen-bond donors (Lipinski definition) is 1. The number of likely N-dealkylation sites (N-methyl/N-ethyl adjacent to an activating group) is 1. The molecule has 1 atom stereocenters. The van der Waals surface area contributed by atoms with Crippen LogP contribution in [0.25, 0.3) is 5.69 Å². The van der Waals surface area contributed by atoms with E-state index < -0.39 is 0 Å². The van der Waals surface area contributed by atoms with Crippen LogP contribution in [0.5, 0.6) is 0 Å². The summed E-state index contributed by atoms with van der Waals surface area (Å²) in [6, 6.07) is 5.15. The number of rotatable bonds is 6. The van der Waals surface area contributed by atoms with Gasteiger partial charge in [-0.15, -0.1) is 0 Å². The van der Waals surface area contributed by atoms with Gasteiger partial charge >= 0.3 is 0 Å². The lowest BCUT2D eigenvalue weighted by Crippen LogP contribution is -2.46. The quantitative estimate of drug-likeness (QED) is 0.867. The zero-order valence-corrected chi connectivity index (χ0v) is 13.3. The van der Waals surface area contributed by atoms with E-state index in [2.05, 4.69) is 27.2 Å². The average Bonchev–Trinajstić information content (AvgIpc) is 3.09. The van der Waals surface area contributed by atoms with E-state index in [-0.39, 0.29) is 11.9 Å². The lowest BCUT2D eigenvalue weighted by atomic mass is 10.2. The molecule has 7 heteroatoms. The number of hydrogen-bond acceptors (Lipinski definition) is 5. The topological polar surface area (TPSA) is 55.2 Å². The van der Waals surface area contributed by atoms with E-state index >= 15 is 0 Å². The van der Waals surface area contributed by atoms with Crippen molar-refractivity contribution in [3.8, 4) is 5.69 Å². The minimum absolute atomic E-state index is 0.197. The Morgan fingerprint density at radius 1 is 1.43 bits per heavy atom. The molecule has 6 nitrogen and oxygen atoms in total. The molecule has 2 aromatic rings. The van der Waals surface area contributed by atoms with Gasteiger partial charge in [0.05, 0.1) is 12.7 Å². The smallest absolute Gasteiger partial charge is 0.149 e. The summed E-state index contributed by atoms with van der Waals surface area (Å²) in [6.45, 7) is 7.32. The van der Waals surface area contributed by atoms with Gasteiger partial charge in [-0.25, -0.2) is 14.1 Å². The molecular weight excluding hydrogens is 297 g/mol. The Morgan fingerprint density at radius 2 is 2.35 bits per heavy atom. The third kappa shape index (κ3) is 4.13. The van der Waals surface area contributed by atoms with Crippen LogP contribution < -0.4 is 5.32 Å². The van der Waals surface area contributed by atoms with Crippen molar-refractivity contribution < 1.29 is 9.13 Å². The normalized spacial score (nSPS) is 19.1. The van der Waals surface area contributed by atoms with Gasteiger partial charge < -0.3 is 10.1 Å². The standard InChI is InChI=1S/C16H22FN5O/c1-2-21-5-6-23-14(10-21)9-18-8-13-3-4-16(15(17)7-13)22-12-19-11-20-22/h3-4,7,11-12,14,18H,2,5-6,8-10H2,1H3/t14-/m0/s1. The minimum Gasteiger partial charge on any atom is -0.374 e. The molecule has 124 valence electrons. The summed E-state index contributed by atoms with van der Waals surface area (Å²) in [4.78, 5) is 6.21. The van der Waals surface area contributed by atoms with Crippen LogP contribution in [-0.4, -0.2) is 58.6 Å². The molecular formula is C16H22FN5O. The van der Waals surface area contributed by atoms with Gasteiger partial charge in [0.1, 0.15) is 24.2 Å². The van der Waals surface area contributed by atoms with Crippen LogP contribution in [0.1, 0.15) is 12.5 Å². The first-order valence-corrected chi connectivity index (χ1v) is 7.94. The number of benzene rings is 1. The fraction of sp³-hybridized carbons (Fsp3) is 0.500. The molecule has 1 aliphatic heterocycles. The summed E-state index contributed by atoms with van der Waals surface area (Å²) in [7, 11) is 0. The fourth-order valence-electron chi connectivity index (χ4n) is 2.75. The molecule has 23 heavy (non-hydrogen) atoms. The van der Waals surface area contributed by atoms with Gasteiger partial charge in [-0.1, -0.05) is 13.0 Å². The van der Waals surface area contributed by atoms with Gasteiger partial charge in [0.2, 0.25) is 0 Å². The van der Waals surface area contributed by atoms with Crippen LogP contribution in [0, 0.1) is 5.82 Å². The Kier molecular flexibility index (Phi) is 5.32. The number of morpholine rings is 1. The second kappa shape index (κ2) is 7.63. The van der Waals surface area contributed by atoms with Crippen molar-refractivity contribution in [1.29, 1.82) is 0 Å². The Morgan fingerprint density at radius 3 is 3.09 bits per heavy atom. The van der Waals surface area contributed by atoms with Gasteiger partial charge in [-0.2, -0.15) is 5.10 Å². The molecule has 1 aromatic carbocycles. The van der Waals surface area contributed by atoms with E-state index in [4.69, 9.17) is 4.74 Å². The average molecular weight is 319 g/mol. The van der Waals surface area contributed by atoms with Crippen molar-refractivity contribution >= 4 is 0 Å². The van der Waals surface area contributed by atoms with Crippen molar-refractivity contribution in [1.82, 2.24) is 25.0 Å². The number of ether oxygens (including phenoxy) is 1. The van der Waals surface area contributed by atoms with Crippen molar-refractivity contribution in [2.75, 3.05) is 32.8 Å². The minimum atomic E-state index is -0.305. The van der Waals surface area contributed by atoms with E-state index in [1.165, 1.54) is 23.4 Å². The molecule has 0 aliphatic carbocycles. The molecule has 1 saturated heterocycles. The Hall–Kier alpha value is -1.83. The fourth-order valence-corrected chi connectivity index (χ4v) is 2.75. The third-order valence-corrected chi connectivity index (χ3v) is 4.05. The van der Waals surface area contributed by atoms with Crippen molar-refractivity contribution in [2.45, 2.75) is 19.6 Å². The molecule has 1 aromatic heterocycles. The molecule has 1 N–H and O–H groups in total. The zero-order valence-electron chi connectivity index (χ0n) is 13.3. The van der Waals surface area contributed by atoms with Crippen LogP contribution >= 0.6 is 0 Å². The largest absolute Gasteiger partial charge is 0.374 e. The number of nitrogens with zero attached hydrogens (tertiary/aromatic N) is 4. The van der Waals surface area contributed by atoms with Gasteiger partial charge in [0.25, 0.3) is 0 Å². The second-order valence-electron chi connectivity index (χ2n) is 5.64. The van der Waals surface area contributed by atoms with Crippen LogP contribution in [-0.2, 0) is 11.3 Å². The lowest BCUT2D eigenvalue weighted by molar-refractivity contribution is -0.0253. The lowest BCUT2D eigenvalue weighted by Gasteiger charge is -2.32. The van der Waals surface area contributed by atoms with E-state index in [1.54, 1.807) is 6.07 Å². The van der Waals surface area contributed by atoms with Crippen molar-refractivity contribution in [3.05, 3.63) is 42.2 Å². The van der Waals surface area contributed by atoms with Gasteiger partial charge in [0, 0.05) is 26.2 Å².